The van der Waals surface area contributed by atoms with Crippen LogP contribution < -0.4 is 11.1 Å². The van der Waals surface area contributed by atoms with E-state index in [9.17, 15) is 10.1 Å². The number of carbonyl (C=O) groups is 1. The fourth-order valence-corrected chi connectivity index (χ4v) is 3.66. The minimum Gasteiger partial charge on any atom is -0.384 e. The number of rotatable bonds is 5. The maximum atomic E-state index is 12.9. The van der Waals surface area contributed by atoms with Crippen molar-refractivity contribution in [2.24, 2.45) is 0 Å². The zero-order chi connectivity index (χ0) is 22.8. The fraction of sp³-hybridized carbons (Fsp3) is 0.182. The molecular formula is C22H19ClN8O. The van der Waals surface area contributed by atoms with E-state index in [4.69, 9.17) is 17.3 Å². The zero-order valence-corrected chi connectivity index (χ0v) is 18.2. The van der Waals surface area contributed by atoms with Crippen LogP contribution in [0.2, 0.25) is 5.02 Å². The number of halogens is 1. The van der Waals surface area contributed by atoms with Gasteiger partial charge in [0.1, 0.15) is 11.9 Å². The van der Waals surface area contributed by atoms with Crippen LogP contribution in [0.15, 0.2) is 36.5 Å². The van der Waals surface area contributed by atoms with Crippen molar-refractivity contribution >= 4 is 34.2 Å². The van der Waals surface area contributed by atoms with Crippen molar-refractivity contribution in [2.75, 3.05) is 5.73 Å². The van der Waals surface area contributed by atoms with Crippen molar-refractivity contribution in [1.82, 2.24) is 30.0 Å². The first kappa shape index (κ1) is 21.2. The summed E-state index contributed by atoms with van der Waals surface area (Å²) in [6.07, 6.45) is 1.59. The normalized spacial score (nSPS) is 10.8. The molecule has 0 aliphatic rings. The number of nitrogens with zero attached hydrogens (tertiary/aromatic N) is 6. The number of aromatic nitrogens is 5. The number of nitrogens with one attached hydrogen (secondary N) is 1. The lowest BCUT2D eigenvalue weighted by Crippen LogP contribution is -2.27. The molecule has 0 saturated carbocycles. The molecule has 10 heteroatoms. The Morgan fingerprint density at radius 1 is 1.25 bits per heavy atom. The van der Waals surface area contributed by atoms with E-state index < -0.39 is 5.91 Å². The number of nitriles is 1. The molecule has 0 radical (unpaired) electrons. The smallest absolute Gasteiger partial charge is 0.289 e. The van der Waals surface area contributed by atoms with Gasteiger partial charge < -0.3 is 11.1 Å². The van der Waals surface area contributed by atoms with Gasteiger partial charge in [-0.05, 0) is 54.8 Å². The number of carbonyl (C=O) groups excluding carboxylic acids is 1. The maximum absolute atomic E-state index is 12.9. The van der Waals surface area contributed by atoms with Crippen molar-refractivity contribution in [2.45, 2.75) is 26.9 Å². The lowest BCUT2D eigenvalue weighted by molar-refractivity contribution is 0.0935. The molecule has 0 atom stereocenters. The third kappa shape index (κ3) is 4.36. The standard InChI is InChI=1S/C22H19ClN8O/c1-12-5-19(25)28-13(2)17(12)10-27-22(32)21-29-20(8-24)30-31(21)11-14-3-4-18-15(6-14)7-16(23)9-26-18/h3-7,9H,10-11H2,1-2H3,(H2,25,28)(H,27,32). The van der Waals surface area contributed by atoms with Crippen molar-refractivity contribution in [3.8, 4) is 6.07 Å². The van der Waals surface area contributed by atoms with E-state index in [1.807, 2.05) is 44.2 Å². The highest BCUT2D eigenvalue weighted by Gasteiger charge is 2.19. The first-order chi connectivity index (χ1) is 15.3. The van der Waals surface area contributed by atoms with Gasteiger partial charge in [-0.15, -0.1) is 5.10 Å². The van der Waals surface area contributed by atoms with E-state index >= 15 is 0 Å². The predicted octanol–water partition coefficient (Wildman–Crippen LogP) is 2.92. The molecule has 1 aromatic carbocycles. The molecule has 0 fully saturated rings. The highest BCUT2D eigenvalue weighted by molar-refractivity contribution is 6.31. The minimum atomic E-state index is -0.444. The Balaban J connectivity index is 1.58. The average Bonchev–Trinajstić information content (AvgIpc) is 3.15. The Labute approximate surface area is 188 Å². The number of fused-ring (bicyclic) bond motifs is 1. The number of amides is 1. The van der Waals surface area contributed by atoms with Gasteiger partial charge in [-0.3, -0.25) is 9.78 Å². The van der Waals surface area contributed by atoms with Crippen molar-refractivity contribution in [3.05, 3.63) is 75.6 Å². The molecule has 4 rings (SSSR count). The highest BCUT2D eigenvalue weighted by Crippen LogP contribution is 2.19. The Hall–Kier alpha value is -4.03. The summed E-state index contributed by atoms with van der Waals surface area (Å²) in [6.45, 7) is 4.24. The number of pyridine rings is 2. The molecule has 3 N–H and O–H groups in total. The topological polar surface area (TPSA) is 135 Å². The lowest BCUT2D eigenvalue weighted by Gasteiger charge is -2.12. The molecule has 3 aromatic heterocycles. The van der Waals surface area contributed by atoms with Crippen LogP contribution in [-0.2, 0) is 13.1 Å². The Morgan fingerprint density at radius 2 is 2.06 bits per heavy atom. The second-order valence-corrected chi connectivity index (χ2v) is 7.76. The van der Waals surface area contributed by atoms with Crippen LogP contribution >= 0.6 is 11.6 Å². The molecule has 4 aromatic rings. The summed E-state index contributed by atoms with van der Waals surface area (Å²) in [5.74, 6) is -0.0489. The molecule has 9 nitrogen and oxygen atoms in total. The Morgan fingerprint density at radius 3 is 2.81 bits per heavy atom. The third-order valence-electron chi connectivity index (χ3n) is 5.02. The maximum Gasteiger partial charge on any atom is 0.289 e. The number of aryl methyl sites for hydroxylation is 2. The van der Waals surface area contributed by atoms with Crippen LogP contribution in [0.3, 0.4) is 0 Å². The van der Waals surface area contributed by atoms with Gasteiger partial charge in [-0.2, -0.15) is 10.2 Å². The molecule has 0 aliphatic heterocycles. The van der Waals surface area contributed by atoms with Crippen LogP contribution in [0.1, 0.15) is 38.8 Å². The van der Waals surface area contributed by atoms with Gasteiger partial charge in [0.05, 0.1) is 17.1 Å². The van der Waals surface area contributed by atoms with E-state index in [2.05, 4.69) is 25.4 Å². The number of anilines is 1. The van der Waals surface area contributed by atoms with E-state index in [1.54, 1.807) is 12.3 Å². The molecule has 3 heterocycles. The Kier molecular flexibility index (Phi) is 5.71. The lowest BCUT2D eigenvalue weighted by atomic mass is 10.1. The summed E-state index contributed by atoms with van der Waals surface area (Å²) in [6, 6.07) is 11.1. The molecule has 160 valence electrons. The number of nitrogen functional groups attached to an aromatic ring is 1. The molecule has 1 amide bonds. The molecule has 0 saturated heterocycles. The van der Waals surface area contributed by atoms with E-state index in [-0.39, 0.29) is 24.7 Å². The highest BCUT2D eigenvalue weighted by atomic mass is 35.5. The number of nitrogens with two attached hydrogens (primary N) is 1. The number of benzene rings is 1. The van der Waals surface area contributed by atoms with Gasteiger partial charge in [-0.25, -0.2) is 9.67 Å². The summed E-state index contributed by atoms with van der Waals surface area (Å²) < 4.78 is 1.41. The van der Waals surface area contributed by atoms with Crippen LogP contribution in [0.25, 0.3) is 10.9 Å². The van der Waals surface area contributed by atoms with E-state index in [0.717, 1.165) is 33.3 Å². The van der Waals surface area contributed by atoms with Gasteiger partial charge in [0.2, 0.25) is 5.82 Å². The van der Waals surface area contributed by atoms with Gasteiger partial charge >= 0.3 is 0 Å². The minimum absolute atomic E-state index is 0.0459. The largest absolute Gasteiger partial charge is 0.384 e. The zero-order valence-electron chi connectivity index (χ0n) is 17.4. The molecule has 0 aliphatic carbocycles. The van der Waals surface area contributed by atoms with E-state index in [0.29, 0.717) is 10.8 Å². The van der Waals surface area contributed by atoms with Crippen molar-refractivity contribution < 1.29 is 4.79 Å². The van der Waals surface area contributed by atoms with Gasteiger partial charge in [0.15, 0.2) is 0 Å². The van der Waals surface area contributed by atoms with Crippen LogP contribution in [0, 0.1) is 25.2 Å². The van der Waals surface area contributed by atoms with Crippen LogP contribution in [0.5, 0.6) is 0 Å². The monoisotopic (exact) mass is 446 g/mol. The van der Waals surface area contributed by atoms with Crippen molar-refractivity contribution in [3.63, 3.8) is 0 Å². The summed E-state index contributed by atoms with van der Waals surface area (Å²) in [7, 11) is 0. The van der Waals surface area contributed by atoms with Gasteiger partial charge in [0, 0.05) is 23.8 Å². The second kappa shape index (κ2) is 8.61. The van der Waals surface area contributed by atoms with E-state index in [1.165, 1.54) is 4.68 Å². The average molecular weight is 447 g/mol. The second-order valence-electron chi connectivity index (χ2n) is 7.32. The molecule has 32 heavy (non-hydrogen) atoms. The summed E-state index contributed by atoms with van der Waals surface area (Å²) in [5.41, 5.74) is 9.97. The fourth-order valence-electron chi connectivity index (χ4n) is 3.50. The Bertz CT molecular complexity index is 1370. The van der Waals surface area contributed by atoms with Crippen molar-refractivity contribution in [1.29, 1.82) is 5.26 Å². The number of hydrogen-bond donors (Lipinski definition) is 2. The quantitative estimate of drug-likeness (QED) is 0.481. The third-order valence-corrected chi connectivity index (χ3v) is 5.23. The van der Waals surface area contributed by atoms with Crippen LogP contribution in [0.4, 0.5) is 5.82 Å². The van der Waals surface area contributed by atoms with Gasteiger partial charge in [0.25, 0.3) is 11.7 Å². The first-order valence-corrected chi connectivity index (χ1v) is 10.1. The summed E-state index contributed by atoms with van der Waals surface area (Å²) in [4.78, 5) is 25.5. The summed E-state index contributed by atoms with van der Waals surface area (Å²) >= 11 is 6.05. The molecule has 0 bridgehead atoms. The molecule has 0 unspecified atom stereocenters. The van der Waals surface area contributed by atoms with Gasteiger partial charge in [-0.1, -0.05) is 17.7 Å². The molecule has 0 spiro atoms. The SMILES string of the molecule is Cc1cc(N)nc(C)c1CNC(=O)c1nc(C#N)nn1Cc1ccc2ncc(Cl)cc2c1. The first-order valence-electron chi connectivity index (χ1n) is 9.74. The summed E-state index contributed by atoms with van der Waals surface area (Å²) in [5, 5.41) is 17.6. The molecular weight excluding hydrogens is 428 g/mol. The predicted molar refractivity (Wildman–Crippen MR) is 120 cm³/mol. The van der Waals surface area contributed by atoms with Crippen LogP contribution in [-0.4, -0.2) is 30.6 Å². The number of hydrogen-bond acceptors (Lipinski definition) is 7.